The number of rotatable bonds is 6. The van der Waals surface area contributed by atoms with Crippen LogP contribution in [-0.2, 0) is 14.0 Å². The van der Waals surface area contributed by atoms with Gasteiger partial charge in [-0.1, -0.05) is 36.4 Å². The molecule has 0 saturated carbocycles. The molecule has 2 aromatic carbocycles. The molecule has 1 aliphatic heterocycles. The fourth-order valence-corrected chi connectivity index (χ4v) is 3.29. The van der Waals surface area contributed by atoms with Crippen LogP contribution >= 0.6 is 0 Å². The summed E-state index contributed by atoms with van der Waals surface area (Å²) in [7, 11) is -0.587. The number of anilines is 2. The summed E-state index contributed by atoms with van der Waals surface area (Å²) in [5.41, 5.74) is 2.19. The number of alkyl carbamates (subject to hydrolysis) is 1. The molecule has 1 amide bonds. The molecule has 1 saturated heterocycles. The fourth-order valence-electron chi connectivity index (χ4n) is 3.29. The zero-order chi connectivity index (χ0) is 24.3. The van der Waals surface area contributed by atoms with Crippen LogP contribution in [0.3, 0.4) is 0 Å². The van der Waals surface area contributed by atoms with Gasteiger partial charge >= 0.3 is 13.2 Å². The van der Waals surface area contributed by atoms with Crippen molar-refractivity contribution in [2.75, 3.05) is 11.9 Å². The van der Waals surface area contributed by atoms with Crippen LogP contribution in [0.15, 0.2) is 60.1 Å². The van der Waals surface area contributed by atoms with Gasteiger partial charge in [0.25, 0.3) is 0 Å². The zero-order valence-electron chi connectivity index (χ0n) is 20.7. The van der Waals surface area contributed by atoms with Gasteiger partial charge in [-0.05, 0) is 83.8 Å². The molecule has 7 heteroatoms. The van der Waals surface area contributed by atoms with Crippen LogP contribution < -0.4 is 10.6 Å². The smallest absolute Gasteiger partial charge is 0.444 e. The van der Waals surface area contributed by atoms with E-state index in [1.165, 1.54) is 0 Å². The molecule has 0 unspecified atom stereocenters. The Kier molecular flexibility index (Phi) is 7.25. The highest BCUT2D eigenvalue weighted by Gasteiger charge is 2.52. The van der Waals surface area contributed by atoms with Crippen molar-refractivity contribution in [1.82, 2.24) is 5.32 Å². The molecule has 0 spiro atoms. The van der Waals surface area contributed by atoms with Crippen molar-refractivity contribution in [1.29, 1.82) is 0 Å². The molecule has 0 bridgehead atoms. The Hall–Kier alpha value is -2.77. The molecule has 0 radical (unpaired) electrons. The number of ether oxygens (including phenoxy) is 1. The highest BCUT2D eigenvalue weighted by molar-refractivity contribution is 6.56. The largest absolute Gasteiger partial charge is 0.492 e. The standard InChI is InChI=1S/C26H35BN2O4/c1-24(2,3)31-23(30)28-18-20(27-32-25(4,5)26(6,7)33-27)16-19-12-11-15-22(17-19)29-21-13-9-8-10-14-21/h8-17,29H,18H2,1-7H3,(H,28,30). The Labute approximate surface area is 197 Å². The lowest BCUT2D eigenvalue weighted by Crippen LogP contribution is -2.41. The number of hydrogen-bond donors (Lipinski definition) is 2. The predicted molar refractivity (Wildman–Crippen MR) is 134 cm³/mol. The summed E-state index contributed by atoms with van der Waals surface area (Å²) in [5.74, 6) is 0. The molecular weight excluding hydrogens is 415 g/mol. The van der Waals surface area contributed by atoms with Crippen molar-refractivity contribution >= 4 is 30.7 Å². The third-order valence-electron chi connectivity index (χ3n) is 5.69. The monoisotopic (exact) mass is 450 g/mol. The Bertz CT molecular complexity index is 981. The van der Waals surface area contributed by atoms with Crippen LogP contribution in [0.5, 0.6) is 0 Å². The minimum atomic E-state index is -0.587. The molecule has 2 aromatic rings. The lowest BCUT2D eigenvalue weighted by Gasteiger charge is -2.32. The maximum atomic E-state index is 12.3. The molecule has 2 N–H and O–H groups in total. The number of amides is 1. The third-order valence-corrected chi connectivity index (χ3v) is 5.69. The second-order valence-corrected chi connectivity index (χ2v) is 10.3. The Balaban J connectivity index is 1.84. The first kappa shape index (κ1) is 24.9. The number of hydrogen-bond acceptors (Lipinski definition) is 5. The van der Waals surface area contributed by atoms with Gasteiger partial charge in [0.1, 0.15) is 5.60 Å². The van der Waals surface area contributed by atoms with E-state index in [0.717, 1.165) is 22.4 Å². The lowest BCUT2D eigenvalue weighted by molar-refractivity contribution is 0.00578. The maximum absolute atomic E-state index is 12.3. The van der Waals surface area contributed by atoms with E-state index < -0.39 is 30.0 Å². The Morgan fingerprint density at radius 3 is 2.18 bits per heavy atom. The Morgan fingerprint density at radius 1 is 0.970 bits per heavy atom. The molecule has 0 atom stereocenters. The zero-order valence-corrected chi connectivity index (χ0v) is 20.7. The van der Waals surface area contributed by atoms with E-state index in [2.05, 4.69) is 10.6 Å². The van der Waals surface area contributed by atoms with Crippen LogP contribution in [0.25, 0.3) is 6.08 Å². The van der Waals surface area contributed by atoms with Gasteiger partial charge in [-0.15, -0.1) is 0 Å². The molecule has 3 rings (SSSR count). The van der Waals surface area contributed by atoms with Crippen molar-refractivity contribution in [2.45, 2.75) is 65.3 Å². The van der Waals surface area contributed by atoms with Crippen molar-refractivity contribution < 1.29 is 18.8 Å². The van der Waals surface area contributed by atoms with Gasteiger partial charge in [-0.2, -0.15) is 0 Å². The first-order chi connectivity index (χ1) is 15.3. The summed E-state index contributed by atoms with van der Waals surface area (Å²) in [6.07, 6.45) is 1.51. The summed E-state index contributed by atoms with van der Waals surface area (Å²) in [6.45, 7) is 13.8. The molecule has 0 aliphatic carbocycles. The van der Waals surface area contributed by atoms with Crippen molar-refractivity contribution in [3.8, 4) is 0 Å². The number of carbonyl (C=O) groups is 1. The van der Waals surface area contributed by atoms with Gasteiger partial charge in [0.15, 0.2) is 0 Å². The average molecular weight is 450 g/mol. The number of carbonyl (C=O) groups excluding carboxylic acids is 1. The summed E-state index contributed by atoms with van der Waals surface area (Å²) in [4.78, 5) is 12.3. The van der Waals surface area contributed by atoms with E-state index in [1.807, 2.05) is 109 Å². The SMILES string of the molecule is CC(C)(C)OC(=O)NCC(=Cc1cccc(Nc2ccccc2)c1)B1OC(C)(C)C(C)(C)O1. The predicted octanol–water partition coefficient (Wildman–Crippen LogP) is 5.97. The second-order valence-electron chi connectivity index (χ2n) is 10.3. The summed E-state index contributed by atoms with van der Waals surface area (Å²) in [6, 6.07) is 18.1. The topological polar surface area (TPSA) is 68.8 Å². The molecule has 33 heavy (non-hydrogen) atoms. The fraction of sp³-hybridized carbons (Fsp3) is 0.423. The van der Waals surface area contributed by atoms with Crippen molar-refractivity contribution in [3.63, 3.8) is 0 Å². The lowest BCUT2D eigenvalue weighted by atomic mass is 9.77. The van der Waals surface area contributed by atoms with E-state index >= 15 is 0 Å². The van der Waals surface area contributed by atoms with Crippen molar-refractivity contribution in [3.05, 3.63) is 65.6 Å². The number of nitrogens with one attached hydrogen (secondary N) is 2. The van der Waals surface area contributed by atoms with Crippen LogP contribution in [0, 0.1) is 0 Å². The molecule has 0 aromatic heterocycles. The van der Waals surface area contributed by atoms with E-state index in [-0.39, 0.29) is 6.54 Å². The minimum absolute atomic E-state index is 0.238. The van der Waals surface area contributed by atoms with E-state index in [9.17, 15) is 4.79 Å². The van der Waals surface area contributed by atoms with Crippen molar-refractivity contribution in [2.24, 2.45) is 0 Å². The van der Waals surface area contributed by atoms with Gasteiger partial charge in [0.2, 0.25) is 0 Å². The maximum Gasteiger partial charge on any atom is 0.492 e. The molecule has 1 fully saturated rings. The molecule has 1 heterocycles. The van der Waals surface area contributed by atoms with Gasteiger partial charge in [-0.25, -0.2) is 4.79 Å². The van der Waals surface area contributed by atoms with Crippen LogP contribution in [-0.4, -0.2) is 36.6 Å². The third kappa shape index (κ3) is 6.86. The van der Waals surface area contributed by atoms with Gasteiger partial charge in [0, 0.05) is 17.9 Å². The highest BCUT2D eigenvalue weighted by Crippen LogP contribution is 2.38. The van der Waals surface area contributed by atoms with Gasteiger partial charge in [0.05, 0.1) is 11.2 Å². The van der Waals surface area contributed by atoms with Crippen LogP contribution in [0.4, 0.5) is 16.2 Å². The summed E-state index contributed by atoms with van der Waals surface area (Å²) >= 11 is 0. The molecule has 176 valence electrons. The van der Waals surface area contributed by atoms with E-state index in [0.29, 0.717) is 0 Å². The average Bonchev–Trinajstić information content (AvgIpc) is 2.92. The second kappa shape index (κ2) is 9.61. The normalized spacial score (nSPS) is 17.5. The van der Waals surface area contributed by atoms with Crippen LogP contribution in [0.2, 0.25) is 0 Å². The highest BCUT2D eigenvalue weighted by atomic mass is 16.7. The van der Waals surface area contributed by atoms with E-state index in [4.69, 9.17) is 14.0 Å². The number of para-hydroxylation sites is 1. The first-order valence-corrected chi connectivity index (χ1v) is 11.3. The Morgan fingerprint density at radius 2 is 1.58 bits per heavy atom. The molecular formula is C26H35BN2O4. The quantitative estimate of drug-likeness (QED) is 0.531. The summed E-state index contributed by atoms with van der Waals surface area (Å²) < 4.78 is 17.9. The first-order valence-electron chi connectivity index (χ1n) is 11.3. The van der Waals surface area contributed by atoms with Gasteiger partial charge < -0.3 is 24.7 Å². The van der Waals surface area contributed by atoms with Crippen LogP contribution in [0.1, 0.15) is 54.0 Å². The molecule has 6 nitrogen and oxygen atoms in total. The van der Waals surface area contributed by atoms with Gasteiger partial charge in [-0.3, -0.25) is 0 Å². The molecule has 1 aliphatic rings. The van der Waals surface area contributed by atoms with E-state index in [1.54, 1.807) is 0 Å². The number of benzene rings is 2. The minimum Gasteiger partial charge on any atom is -0.444 e. The summed E-state index contributed by atoms with van der Waals surface area (Å²) in [5, 5.41) is 6.25.